The molecule has 1 aromatic rings. The van der Waals surface area contributed by atoms with E-state index >= 15 is 0 Å². The molecule has 1 aromatic heterocycles. The van der Waals surface area contributed by atoms with Crippen molar-refractivity contribution in [1.29, 1.82) is 0 Å². The minimum Gasteiger partial charge on any atom is -0.356 e. The maximum atomic E-state index is 11.7. The molecule has 0 atom stereocenters. The number of nitrogens with one attached hydrogen (secondary N) is 3. The Morgan fingerprint density at radius 2 is 2.14 bits per heavy atom. The molecule has 0 saturated heterocycles. The van der Waals surface area contributed by atoms with E-state index < -0.39 is 0 Å². The third kappa shape index (κ3) is 9.22. The van der Waals surface area contributed by atoms with Crippen molar-refractivity contribution >= 4 is 41.5 Å². The molecule has 0 aliphatic heterocycles. The molecule has 1 rings (SSSR count). The molecule has 0 aliphatic rings. The van der Waals surface area contributed by atoms with Crippen molar-refractivity contribution in [2.24, 2.45) is 4.99 Å². The van der Waals surface area contributed by atoms with Gasteiger partial charge in [-0.15, -0.1) is 24.0 Å². The summed E-state index contributed by atoms with van der Waals surface area (Å²) in [6.45, 7) is 3.19. The van der Waals surface area contributed by atoms with Crippen molar-refractivity contribution in [1.82, 2.24) is 15.6 Å². The number of anilines is 1. The summed E-state index contributed by atoms with van der Waals surface area (Å²) >= 11 is 0. The molecule has 0 aliphatic carbocycles. The minimum atomic E-state index is -0.130. The van der Waals surface area contributed by atoms with Gasteiger partial charge in [-0.1, -0.05) is 19.8 Å². The number of carbonyl (C=O) groups excluding carboxylic acids is 1. The highest BCUT2D eigenvalue weighted by Gasteiger charge is 2.03. The Kier molecular flexibility index (Phi) is 11.6. The summed E-state index contributed by atoms with van der Waals surface area (Å²) in [4.78, 5) is 19.7. The van der Waals surface area contributed by atoms with Crippen LogP contribution in [0.3, 0.4) is 0 Å². The number of unbranched alkanes of at least 4 members (excludes halogenated alkanes) is 2. The Bertz CT molecular complexity index is 425. The number of guanidine groups is 1. The number of hydrogen-bond donors (Lipinski definition) is 3. The van der Waals surface area contributed by atoms with Crippen LogP contribution in [0.5, 0.6) is 0 Å². The highest BCUT2D eigenvalue weighted by molar-refractivity contribution is 14.0. The molecule has 0 saturated carbocycles. The predicted octanol–water partition coefficient (Wildman–Crippen LogP) is 1.99. The van der Waals surface area contributed by atoms with E-state index in [1.807, 2.05) is 0 Å². The Morgan fingerprint density at radius 3 is 2.76 bits per heavy atom. The first-order valence-corrected chi connectivity index (χ1v) is 6.90. The zero-order valence-corrected chi connectivity index (χ0v) is 14.9. The number of amides is 1. The summed E-state index contributed by atoms with van der Waals surface area (Å²) in [7, 11) is 1.69. The Morgan fingerprint density at radius 1 is 1.33 bits per heavy atom. The van der Waals surface area contributed by atoms with E-state index in [1.54, 1.807) is 31.6 Å². The van der Waals surface area contributed by atoms with Gasteiger partial charge in [0, 0.05) is 19.8 Å². The summed E-state index contributed by atoms with van der Waals surface area (Å²) in [5, 5.41) is 8.89. The summed E-state index contributed by atoms with van der Waals surface area (Å²) in [6, 6.07) is 3.57. The second-order valence-corrected chi connectivity index (χ2v) is 4.35. The van der Waals surface area contributed by atoms with Crippen LogP contribution < -0.4 is 16.0 Å². The second kappa shape index (κ2) is 12.4. The van der Waals surface area contributed by atoms with Crippen LogP contribution in [0, 0.1) is 0 Å². The third-order valence-corrected chi connectivity index (χ3v) is 2.66. The van der Waals surface area contributed by atoms with Gasteiger partial charge in [0.05, 0.1) is 18.4 Å². The topological polar surface area (TPSA) is 78.4 Å². The van der Waals surface area contributed by atoms with Gasteiger partial charge in [-0.05, 0) is 18.6 Å². The summed E-state index contributed by atoms with van der Waals surface area (Å²) in [6.07, 6.45) is 6.73. The van der Waals surface area contributed by atoms with E-state index in [0.29, 0.717) is 11.6 Å². The maximum absolute atomic E-state index is 11.7. The lowest BCUT2D eigenvalue weighted by Crippen LogP contribution is -2.41. The van der Waals surface area contributed by atoms with E-state index in [9.17, 15) is 4.79 Å². The number of hydrogen-bond acceptors (Lipinski definition) is 3. The largest absolute Gasteiger partial charge is 0.356 e. The van der Waals surface area contributed by atoms with Gasteiger partial charge in [-0.3, -0.25) is 14.8 Å². The molecule has 21 heavy (non-hydrogen) atoms. The number of pyridine rings is 1. The Hall–Kier alpha value is -1.38. The van der Waals surface area contributed by atoms with Gasteiger partial charge < -0.3 is 16.0 Å². The van der Waals surface area contributed by atoms with E-state index in [-0.39, 0.29) is 36.4 Å². The first-order chi connectivity index (χ1) is 9.76. The maximum Gasteiger partial charge on any atom is 0.243 e. The van der Waals surface area contributed by atoms with Crippen LogP contribution >= 0.6 is 24.0 Å². The van der Waals surface area contributed by atoms with Crippen molar-refractivity contribution in [3.63, 3.8) is 0 Å². The fraction of sp³-hybridized carbons (Fsp3) is 0.500. The number of carbonyl (C=O) groups is 1. The Labute approximate surface area is 143 Å². The summed E-state index contributed by atoms with van der Waals surface area (Å²) < 4.78 is 0. The molecule has 0 unspecified atom stereocenters. The lowest BCUT2D eigenvalue weighted by molar-refractivity contribution is -0.115. The quantitative estimate of drug-likeness (QED) is 0.281. The smallest absolute Gasteiger partial charge is 0.243 e. The predicted molar refractivity (Wildman–Crippen MR) is 97.2 cm³/mol. The van der Waals surface area contributed by atoms with Gasteiger partial charge in [0.1, 0.15) is 0 Å². The van der Waals surface area contributed by atoms with Crippen molar-refractivity contribution in [3.05, 3.63) is 24.5 Å². The van der Waals surface area contributed by atoms with Gasteiger partial charge in [-0.2, -0.15) is 0 Å². The molecule has 118 valence electrons. The number of nitrogens with zero attached hydrogens (tertiary/aromatic N) is 2. The molecule has 0 spiro atoms. The average Bonchev–Trinajstić information content (AvgIpc) is 2.47. The number of aromatic nitrogens is 1. The molecule has 3 N–H and O–H groups in total. The van der Waals surface area contributed by atoms with Crippen molar-refractivity contribution < 1.29 is 4.79 Å². The van der Waals surface area contributed by atoms with Crippen LogP contribution in [0.2, 0.25) is 0 Å². The van der Waals surface area contributed by atoms with Crippen molar-refractivity contribution in [2.75, 3.05) is 25.5 Å². The minimum absolute atomic E-state index is 0. The normalized spacial score (nSPS) is 10.5. The van der Waals surface area contributed by atoms with Crippen LogP contribution in [-0.4, -0.2) is 37.0 Å². The molecule has 0 fully saturated rings. The molecule has 6 nitrogen and oxygen atoms in total. The first kappa shape index (κ1) is 19.6. The monoisotopic (exact) mass is 405 g/mol. The van der Waals surface area contributed by atoms with Crippen molar-refractivity contribution in [2.45, 2.75) is 26.2 Å². The second-order valence-electron chi connectivity index (χ2n) is 4.35. The van der Waals surface area contributed by atoms with E-state index in [1.165, 1.54) is 12.8 Å². The van der Waals surface area contributed by atoms with Gasteiger partial charge in [0.25, 0.3) is 0 Å². The first-order valence-electron chi connectivity index (χ1n) is 6.90. The number of halogens is 1. The zero-order chi connectivity index (χ0) is 14.6. The molecule has 0 bridgehead atoms. The fourth-order valence-electron chi connectivity index (χ4n) is 1.61. The van der Waals surface area contributed by atoms with Crippen LogP contribution in [-0.2, 0) is 4.79 Å². The van der Waals surface area contributed by atoms with E-state index in [2.05, 4.69) is 32.9 Å². The van der Waals surface area contributed by atoms with Crippen LogP contribution in [0.15, 0.2) is 29.5 Å². The molecule has 0 radical (unpaired) electrons. The average molecular weight is 405 g/mol. The lowest BCUT2D eigenvalue weighted by Gasteiger charge is -2.11. The highest BCUT2D eigenvalue weighted by Crippen LogP contribution is 2.01. The van der Waals surface area contributed by atoms with Crippen molar-refractivity contribution in [3.8, 4) is 0 Å². The summed E-state index contributed by atoms with van der Waals surface area (Å²) in [5.74, 6) is 0.511. The van der Waals surface area contributed by atoms with Gasteiger partial charge in [-0.25, -0.2) is 0 Å². The van der Waals surface area contributed by atoms with Crippen LogP contribution in [0.4, 0.5) is 5.69 Å². The lowest BCUT2D eigenvalue weighted by atomic mass is 10.2. The fourth-order valence-corrected chi connectivity index (χ4v) is 1.61. The molecular weight excluding hydrogens is 381 g/mol. The van der Waals surface area contributed by atoms with E-state index in [4.69, 9.17) is 0 Å². The molecule has 7 heteroatoms. The van der Waals surface area contributed by atoms with Gasteiger partial charge >= 0.3 is 0 Å². The standard InChI is InChI=1S/C14H23N5O.HI/c1-3-4-5-9-17-14(15-2)18-11-13(20)19-12-7-6-8-16-10-12;/h6-8,10H,3-5,9,11H2,1-2H3,(H,19,20)(H2,15,17,18);1H. The molecule has 1 amide bonds. The molecule has 0 aromatic carbocycles. The van der Waals surface area contributed by atoms with Crippen LogP contribution in [0.25, 0.3) is 0 Å². The summed E-state index contributed by atoms with van der Waals surface area (Å²) in [5.41, 5.74) is 0.685. The SMILES string of the molecule is CCCCCNC(=NC)NCC(=O)Nc1cccnc1.I. The molecular formula is C14H24IN5O. The third-order valence-electron chi connectivity index (χ3n) is 2.66. The van der Waals surface area contributed by atoms with E-state index in [0.717, 1.165) is 13.0 Å². The number of rotatable bonds is 7. The van der Waals surface area contributed by atoms with Gasteiger partial charge in [0.15, 0.2) is 5.96 Å². The van der Waals surface area contributed by atoms with Crippen LogP contribution in [0.1, 0.15) is 26.2 Å². The molecule has 1 heterocycles. The Balaban J connectivity index is 0.00000400. The highest BCUT2D eigenvalue weighted by atomic mass is 127. The zero-order valence-electron chi connectivity index (χ0n) is 12.6. The van der Waals surface area contributed by atoms with Gasteiger partial charge in [0.2, 0.25) is 5.91 Å². The number of aliphatic imine (C=N–C) groups is 1.